The fraction of sp³-hybridized carbons (Fsp3) is 0.292. The molecule has 0 aliphatic heterocycles. The quantitative estimate of drug-likeness (QED) is 0.593. The molecule has 1 amide bonds. The number of carbonyl (C=O) groups is 1. The highest BCUT2D eigenvalue weighted by atomic mass is 32.2. The van der Waals surface area contributed by atoms with Gasteiger partial charge in [0.1, 0.15) is 6.04 Å². The lowest BCUT2D eigenvalue weighted by Gasteiger charge is -2.24. The zero-order valence-corrected chi connectivity index (χ0v) is 19.5. The SMILES string of the molecule is Cc1ccc(S(=O)(=O)NC(=O)c2cc(C)n(C[C@H](c3ccccc3)[NH+](C)C)c2C)cc1. The van der Waals surface area contributed by atoms with E-state index in [-0.39, 0.29) is 10.9 Å². The van der Waals surface area contributed by atoms with Crippen molar-refractivity contribution in [2.75, 3.05) is 14.1 Å². The Morgan fingerprint density at radius 1 is 1.00 bits per heavy atom. The van der Waals surface area contributed by atoms with Crippen LogP contribution in [0.5, 0.6) is 0 Å². The normalized spacial score (nSPS) is 12.7. The molecular weight excluding hydrogens is 410 g/mol. The number of hydrogen-bond acceptors (Lipinski definition) is 3. The number of sulfonamides is 1. The van der Waals surface area contributed by atoms with Gasteiger partial charge in [0.15, 0.2) is 0 Å². The van der Waals surface area contributed by atoms with Gasteiger partial charge in [-0.1, -0.05) is 48.0 Å². The number of likely N-dealkylation sites (N-methyl/N-ethyl adjacent to an activating group) is 1. The van der Waals surface area contributed by atoms with Gasteiger partial charge in [-0.25, -0.2) is 13.1 Å². The molecule has 7 heteroatoms. The van der Waals surface area contributed by atoms with Crippen molar-refractivity contribution in [2.45, 2.75) is 38.3 Å². The number of aromatic nitrogens is 1. The summed E-state index contributed by atoms with van der Waals surface area (Å²) >= 11 is 0. The van der Waals surface area contributed by atoms with Crippen molar-refractivity contribution in [3.63, 3.8) is 0 Å². The number of quaternary nitrogens is 1. The summed E-state index contributed by atoms with van der Waals surface area (Å²) in [6.45, 7) is 6.35. The minimum Gasteiger partial charge on any atom is -0.342 e. The number of aryl methyl sites for hydroxylation is 2. The number of hydrogen-bond donors (Lipinski definition) is 2. The summed E-state index contributed by atoms with van der Waals surface area (Å²) < 4.78 is 29.6. The smallest absolute Gasteiger partial charge is 0.266 e. The third-order valence-corrected chi connectivity index (χ3v) is 6.99. The van der Waals surface area contributed by atoms with E-state index in [0.29, 0.717) is 12.1 Å². The minimum absolute atomic E-state index is 0.0700. The maximum Gasteiger partial charge on any atom is 0.266 e. The maximum atomic E-state index is 12.9. The van der Waals surface area contributed by atoms with Gasteiger partial charge in [0.25, 0.3) is 15.9 Å². The summed E-state index contributed by atoms with van der Waals surface area (Å²) in [4.78, 5) is 14.2. The Balaban J connectivity index is 1.86. The summed E-state index contributed by atoms with van der Waals surface area (Å²) in [6, 6.07) is 18.6. The molecule has 6 nitrogen and oxygen atoms in total. The standard InChI is InChI=1S/C24H29N3O3S/c1-17-11-13-21(14-12-17)31(29,30)25-24(28)22-15-18(2)27(19(22)3)16-23(26(4)5)20-9-7-6-8-10-20/h6-15,23H,16H2,1-5H3,(H,25,28)/p+1/t23-/m1/s1. The zero-order chi connectivity index (χ0) is 22.8. The van der Waals surface area contributed by atoms with E-state index >= 15 is 0 Å². The van der Waals surface area contributed by atoms with Crippen LogP contribution in [0.4, 0.5) is 0 Å². The molecule has 0 radical (unpaired) electrons. The molecule has 3 rings (SSSR count). The molecule has 0 saturated heterocycles. The second-order valence-electron chi connectivity index (χ2n) is 8.18. The monoisotopic (exact) mass is 440 g/mol. The van der Waals surface area contributed by atoms with Crippen molar-refractivity contribution in [2.24, 2.45) is 0 Å². The lowest BCUT2D eigenvalue weighted by atomic mass is 10.1. The largest absolute Gasteiger partial charge is 0.342 e. The molecule has 0 saturated carbocycles. The molecule has 0 aliphatic carbocycles. The lowest BCUT2D eigenvalue weighted by Crippen LogP contribution is -3.06. The van der Waals surface area contributed by atoms with Crippen LogP contribution in [0.25, 0.3) is 0 Å². The van der Waals surface area contributed by atoms with E-state index in [1.54, 1.807) is 18.2 Å². The number of nitrogens with zero attached hydrogens (tertiary/aromatic N) is 1. The molecule has 0 fully saturated rings. The Bertz CT molecular complexity index is 1160. The Morgan fingerprint density at radius 2 is 1.61 bits per heavy atom. The maximum absolute atomic E-state index is 12.9. The van der Waals surface area contributed by atoms with Crippen molar-refractivity contribution >= 4 is 15.9 Å². The van der Waals surface area contributed by atoms with E-state index in [4.69, 9.17) is 0 Å². The van der Waals surface area contributed by atoms with Crippen LogP contribution >= 0.6 is 0 Å². The molecule has 2 N–H and O–H groups in total. The summed E-state index contributed by atoms with van der Waals surface area (Å²) in [5, 5.41) is 0. The van der Waals surface area contributed by atoms with E-state index in [1.165, 1.54) is 22.6 Å². The summed E-state index contributed by atoms with van der Waals surface area (Å²) in [5.74, 6) is -0.617. The van der Waals surface area contributed by atoms with Crippen LogP contribution in [-0.4, -0.2) is 33.0 Å². The van der Waals surface area contributed by atoms with Crippen LogP contribution < -0.4 is 9.62 Å². The highest BCUT2D eigenvalue weighted by Crippen LogP contribution is 2.20. The van der Waals surface area contributed by atoms with Crippen LogP contribution in [0, 0.1) is 20.8 Å². The minimum atomic E-state index is -3.94. The van der Waals surface area contributed by atoms with Gasteiger partial charge in [0.05, 0.1) is 31.1 Å². The molecule has 0 unspecified atom stereocenters. The van der Waals surface area contributed by atoms with Gasteiger partial charge >= 0.3 is 0 Å². The Kier molecular flexibility index (Phi) is 6.67. The van der Waals surface area contributed by atoms with E-state index in [9.17, 15) is 13.2 Å². The van der Waals surface area contributed by atoms with Crippen LogP contribution in [0.1, 0.15) is 38.9 Å². The van der Waals surface area contributed by atoms with E-state index < -0.39 is 15.9 Å². The molecule has 0 bridgehead atoms. The van der Waals surface area contributed by atoms with Crippen molar-refractivity contribution in [1.29, 1.82) is 0 Å². The van der Waals surface area contributed by atoms with Gasteiger partial charge in [0.2, 0.25) is 0 Å². The van der Waals surface area contributed by atoms with E-state index in [0.717, 1.165) is 17.0 Å². The molecular formula is C24H30N3O3S+. The second kappa shape index (κ2) is 9.08. The van der Waals surface area contributed by atoms with Gasteiger partial charge in [-0.15, -0.1) is 0 Å². The van der Waals surface area contributed by atoms with Crippen LogP contribution in [-0.2, 0) is 16.6 Å². The fourth-order valence-electron chi connectivity index (χ4n) is 3.75. The van der Waals surface area contributed by atoms with Crippen molar-refractivity contribution < 1.29 is 18.1 Å². The van der Waals surface area contributed by atoms with Crippen LogP contribution in [0.2, 0.25) is 0 Å². The number of benzene rings is 2. The summed E-state index contributed by atoms with van der Waals surface area (Å²) in [7, 11) is 0.272. The summed E-state index contributed by atoms with van der Waals surface area (Å²) in [6.07, 6.45) is 0. The number of carbonyl (C=O) groups excluding carboxylic acids is 1. The average Bonchev–Trinajstić information content (AvgIpc) is 3.00. The second-order valence-corrected chi connectivity index (χ2v) is 9.87. The first-order valence-electron chi connectivity index (χ1n) is 10.3. The van der Waals surface area contributed by atoms with E-state index in [1.807, 2.05) is 39.0 Å². The molecule has 164 valence electrons. The first-order chi connectivity index (χ1) is 14.6. The lowest BCUT2D eigenvalue weighted by molar-refractivity contribution is -0.893. The number of rotatable bonds is 7. The Hall–Kier alpha value is -2.90. The van der Waals surface area contributed by atoms with Gasteiger partial charge < -0.3 is 9.47 Å². The van der Waals surface area contributed by atoms with Crippen molar-refractivity contribution in [3.05, 3.63) is 88.7 Å². The molecule has 0 spiro atoms. The molecule has 1 atom stereocenters. The number of amides is 1. The predicted octanol–water partition coefficient (Wildman–Crippen LogP) is 2.42. The molecule has 31 heavy (non-hydrogen) atoms. The van der Waals surface area contributed by atoms with Crippen molar-refractivity contribution in [1.82, 2.24) is 9.29 Å². The molecule has 0 aliphatic rings. The Morgan fingerprint density at radius 3 is 2.19 bits per heavy atom. The first-order valence-corrected chi connectivity index (χ1v) is 11.7. The van der Waals surface area contributed by atoms with Crippen LogP contribution in [0.3, 0.4) is 0 Å². The average molecular weight is 441 g/mol. The zero-order valence-electron chi connectivity index (χ0n) is 18.6. The first kappa shape index (κ1) is 22.8. The van der Waals surface area contributed by atoms with Gasteiger partial charge in [-0.05, 0) is 39.0 Å². The molecule has 1 aromatic heterocycles. The highest BCUT2D eigenvalue weighted by molar-refractivity contribution is 7.90. The molecule has 1 heterocycles. The highest BCUT2D eigenvalue weighted by Gasteiger charge is 2.25. The van der Waals surface area contributed by atoms with Gasteiger partial charge in [0, 0.05) is 17.0 Å². The third-order valence-electron chi connectivity index (χ3n) is 5.64. The van der Waals surface area contributed by atoms with Crippen LogP contribution in [0.15, 0.2) is 65.6 Å². The summed E-state index contributed by atoms with van der Waals surface area (Å²) in [5.41, 5.74) is 4.19. The Labute approximate surface area is 184 Å². The molecule has 3 aromatic rings. The van der Waals surface area contributed by atoms with Gasteiger partial charge in [-0.2, -0.15) is 0 Å². The molecule has 2 aromatic carbocycles. The van der Waals surface area contributed by atoms with E-state index in [2.05, 4.69) is 35.5 Å². The topological polar surface area (TPSA) is 72.6 Å². The predicted molar refractivity (Wildman–Crippen MR) is 122 cm³/mol. The van der Waals surface area contributed by atoms with Gasteiger partial charge in [-0.3, -0.25) is 4.79 Å². The van der Waals surface area contributed by atoms with Crippen molar-refractivity contribution in [3.8, 4) is 0 Å². The third kappa shape index (κ3) is 5.06. The fourth-order valence-corrected chi connectivity index (χ4v) is 4.72. The number of nitrogens with one attached hydrogen (secondary N) is 2.